The molecule has 0 fully saturated rings. The first-order chi connectivity index (χ1) is 11.1. The first kappa shape index (κ1) is 16.4. The molecule has 23 heavy (non-hydrogen) atoms. The molecule has 2 rings (SSSR count). The second-order valence-corrected chi connectivity index (χ2v) is 4.39. The van der Waals surface area contributed by atoms with E-state index in [2.05, 4.69) is 10.3 Å². The molecule has 0 unspecified atom stereocenters. The molecular formula is C16H15FN2O4. The molecule has 0 atom stereocenters. The van der Waals surface area contributed by atoms with Crippen molar-refractivity contribution in [3.63, 3.8) is 0 Å². The van der Waals surface area contributed by atoms with Crippen LogP contribution < -0.4 is 10.1 Å². The number of nitrogens with zero attached hydrogens (tertiary/aromatic N) is 1. The van der Waals surface area contributed by atoms with Crippen molar-refractivity contribution in [1.29, 1.82) is 0 Å². The quantitative estimate of drug-likeness (QED) is 0.828. The summed E-state index contributed by atoms with van der Waals surface area (Å²) in [5, 5.41) is 2.32. The van der Waals surface area contributed by atoms with Crippen LogP contribution >= 0.6 is 0 Å². The zero-order valence-corrected chi connectivity index (χ0v) is 12.4. The number of hydrogen-bond donors (Lipinski definition) is 1. The highest BCUT2D eigenvalue weighted by Crippen LogP contribution is 2.16. The third-order valence-electron chi connectivity index (χ3n) is 2.75. The summed E-state index contributed by atoms with van der Waals surface area (Å²) in [5.74, 6) is -1.83. The van der Waals surface area contributed by atoms with Crippen LogP contribution in [0.3, 0.4) is 0 Å². The molecule has 7 heteroatoms. The zero-order valence-electron chi connectivity index (χ0n) is 12.4. The number of carbonyl (C=O) groups excluding carboxylic acids is 2. The maximum absolute atomic E-state index is 13.4. The van der Waals surface area contributed by atoms with E-state index in [1.54, 1.807) is 19.1 Å². The largest absolute Gasteiger partial charge is 0.477 e. The molecule has 6 nitrogen and oxygen atoms in total. The second-order valence-electron chi connectivity index (χ2n) is 4.39. The van der Waals surface area contributed by atoms with Crippen molar-refractivity contribution in [3.05, 3.63) is 54.0 Å². The van der Waals surface area contributed by atoms with Gasteiger partial charge >= 0.3 is 5.97 Å². The number of esters is 1. The van der Waals surface area contributed by atoms with E-state index >= 15 is 0 Å². The van der Waals surface area contributed by atoms with Crippen molar-refractivity contribution in [2.75, 3.05) is 18.5 Å². The first-order valence-electron chi connectivity index (χ1n) is 6.91. The van der Waals surface area contributed by atoms with Gasteiger partial charge in [0.1, 0.15) is 11.4 Å². The van der Waals surface area contributed by atoms with Gasteiger partial charge in [0.05, 0.1) is 12.3 Å². The topological polar surface area (TPSA) is 77.5 Å². The average molecular weight is 318 g/mol. The number of para-hydroxylation sites is 1. The fourth-order valence-corrected chi connectivity index (χ4v) is 1.76. The molecule has 1 aromatic heterocycles. The molecule has 120 valence electrons. The SMILES string of the molecule is CCOc1ncccc1C(=O)OCC(=O)Nc1ccccc1F. The van der Waals surface area contributed by atoms with Gasteiger partial charge in [-0.25, -0.2) is 14.2 Å². The molecule has 1 amide bonds. The zero-order chi connectivity index (χ0) is 16.7. The van der Waals surface area contributed by atoms with Gasteiger partial charge in [-0.1, -0.05) is 12.1 Å². The lowest BCUT2D eigenvalue weighted by Gasteiger charge is -2.09. The number of carbonyl (C=O) groups is 2. The molecule has 2 aromatic rings. The molecule has 1 heterocycles. The standard InChI is InChI=1S/C16H15FN2O4/c1-2-22-15-11(6-5-9-18-15)16(21)23-10-14(20)19-13-8-4-3-7-12(13)17/h3-9H,2,10H2,1H3,(H,19,20). The van der Waals surface area contributed by atoms with Gasteiger partial charge in [-0.05, 0) is 31.2 Å². The van der Waals surface area contributed by atoms with Crippen LogP contribution in [0.25, 0.3) is 0 Å². The minimum atomic E-state index is -0.745. The smallest absolute Gasteiger partial charge is 0.344 e. The summed E-state index contributed by atoms with van der Waals surface area (Å²) in [6.07, 6.45) is 1.48. The summed E-state index contributed by atoms with van der Waals surface area (Å²) >= 11 is 0. The van der Waals surface area contributed by atoms with Crippen molar-refractivity contribution < 1.29 is 23.5 Å². The Morgan fingerprint density at radius 2 is 2.00 bits per heavy atom. The molecule has 0 saturated carbocycles. The molecule has 1 N–H and O–H groups in total. The molecule has 0 aliphatic rings. The fourth-order valence-electron chi connectivity index (χ4n) is 1.76. The van der Waals surface area contributed by atoms with Gasteiger partial charge in [0.2, 0.25) is 5.88 Å². The molecular weight excluding hydrogens is 303 g/mol. The van der Waals surface area contributed by atoms with Crippen molar-refractivity contribution in [2.45, 2.75) is 6.92 Å². The highest BCUT2D eigenvalue weighted by Gasteiger charge is 2.16. The minimum Gasteiger partial charge on any atom is -0.477 e. The van der Waals surface area contributed by atoms with Crippen molar-refractivity contribution in [3.8, 4) is 5.88 Å². The van der Waals surface area contributed by atoms with Gasteiger partial charge in [0.15, 0.2) is 6.61 Å². The Hall–Kier alpha value is -2.96. The van der Waals surface area contributed by atoms with E-state index in [-0.39, 0.29) is 17.1 Å². The lowest BCUT2D eigenvalue weighted by Crippen LogP contribution is -2.21. The Labute approximate surface area is 132 Å². The van der Waals surface area contributed by atoms with E-state index in [0.29, 0.717) is 6.61 Å². The highest BCUT2D eigenvalue weighted by atomic mass is 19.1. The third kappa shape index (κ3) is 4.50. The van der Waals surface area contributed by atoms with Gasteiger partial charge < -0.3 is 14.8 Å². The first-order valence-corrected chi connectivity index (χ1v) is 6.91. The lowest BCUT2D eigenvalue weighted by atomic mass is 10.3. The predicted molar refractivity (Wildman–Crippen MR) is 80.7 cm³/mol. The molecule has 0 spiro atoms. The van der Waals surface area contributed by atoms with E-state index in [4.69, 9.17) is 9.47 Å². The van der Waals surface area contributed by atoms with Gasteiger partial charge in [-0.15, -0.1) is 0 Å². The molecule has 0 aliphatic carbocycles. The Morgan fingerprint density at radius 1 is 1.22 bits per heavy atom. The molecule has 0 bridgehead atoms. The number of ether oxygens (including phenoxy) is 2. The summed E-state index contributed by atoms with van der Waals surface area (Å²) in [4.78, 5) is 27.6. The Kier molecular flexibility index (Phi) is 5.62. The molecule has 0 aliphatic heterocycles. The lowest BCUT2D eigenvalue weighted by molar-refractivity contribution is -0.119. The number of hydrogen-bond acceptors (Lipinski definition) is 5. The number of benzene rings is 1. The van der Waals surface area contributed by atoms with E-state index in [9.17, 15) is 14.0 Å². The van der Waals surface area contributed by atoms with E-state index in [1.165, 1.54) is 30.5 Å². The van der Waals surface area contributed by atoms with Gasteiger partial charge in [0, 0.05) is 6.20 Å². The van der Waals surface area contributed by atoms with Gasteiger partial charge in [-0.2, -0.15) is 0 Å². The number of halogens is 1. The molecule has 1 aromatic carbocycles. The Morgan fingerprint density at radius 3 is 2.74 bits per heavy atom. The maximum Gasteiger partial charge on any atom is 0.344 e. The third-order valence-corrected chi connectivity index (χ3v) is 2.75. The maximum atomic E-state index is 13.4. The predicted octanol–water partition coefficient (Wildman–Crippen LogP) is 2.41. The number of rotatable bonds is 6. The number of aromatic nitrogens is 1. The van der Waals surface area contributed by atoms with Gasteiger partial charge in [0.25, 0.3) is 5.91 Å². The second kappa shape index (κ2) is 7.88. The number of pyridine rings is 1. The summed E-state index contributed by atoms with van der Waals surface area (Å²) in [6.45, 7) is 1.55. The Balaban J connectivity index is 1.94. The number of anilines is 1. The van der Waals surface area contributed by atoms with Crippen LogP contribution in [0.15, 0.2) is 42.6 Å². The van der Waals surface area contributed by atoms with Crippen LogP contribution in [0, 0.1) is 5.82 Å². The van der Waals surface area contributed by atoms with E-state index in [1.807, 2.05) is 0 Å². The number of amides is 1. The average Bonchev–Trinajstić information content (AvgIpc) is 2.55. The highest BCUT2D eigenvalue weighted by molar-refractivity contribution is 5.96. The molecule has 0 radical (unpaired) electrons. The number of nitrogens with one attached hydrogen (secondary N) is 1. The van der Waals surface area contributed by atoms with E-state index in [0.717, 1.165) is 0 Å². The van der Waals surface area contributed by atoms with Crippen LogP contribution in [0.2, 0.25) is 0 Å². The van der Waals surface area contributed by atoms with Crippen LogP contribution in [0.1, 0.15) is 17.3 Å². The summed E-state index contributed by atoms with van der Waals surface area (Å²) < 4.78 is 23.5. The van der Waals surface area contributed by atoms with Crippen molar-refractivity contribution in [2.24, 2.45) is 0 Å². The van der Waals surface area contributed by atoms with Gasteiger partial charge in [-0.3, -0.25) is 4.79 Å². The summed E-state index contributed by atoms with van der Waals surface area (Å²) in [5.41, 5.74) is 0.137. The van der Waals surface area contributed by atoms with Crippen LogP contribution in [0.4, 0.5) is 10.1 Å². The van der Waals surface area contributed by atoms with Crippen LogP contribution in [0.5, 0.6) is 5.88 Å². The Bertz CT molecular complexity index is 706. The summed E-state index contributed by atoms with van der Waals surface area (Å²) in [7, 11) is 0. The van der Waals surface area contributed by atoms with Crippen molar-refractivity contribution in [1.82, 2.24) is 4.98 Å². The van der Waals surface area contributed by atoms with E-state index < -0.39 is 24.3 Å². The van der Waals surface area contributed by atoms with Crippen LogP contribution in [-0.2, 0) is 9.53 Å². The fraction of sp³-hybridized carbons (Fsp3) is 0.188. The normalized spacial score (nSPS) is 10.0. The van der Waals surface area contributed by atoms with Crippen LogP contribution in [-0.4, -0.2) is 30.1 Å². The monoisotopic (exact) mass is 318 g/mol. The minimum absolute atomic E-state index is 0.0185. The van der Waals surface area contributed by atoms with Crippen molar-refractivity contribution >= 4 is 17.6 Å². The molecule has 0 saturated heterocycles. The summed E-state index contributed by atoms with van der Waals surface area (Å²) in [6, 6.07) is 8.74.